The van der Waals surface area contributed by atoms with Crippen LogP contribution >= 0.6 is 0 Å². The molecule has 0 saturated heterocycles. The Kier molecular flexibility index (Phi) is 5.69. The molecule has 0 atom stereocenters. The van der Waals surface area contributed by atoms with Gasteiger partial charge in [0, 0.05) is 36.6 Å². The number of nitrogens with zero attached hydrogens (tertiary/aromatic N) is 2. The van der Waals surface area contributed by atoms with Crippen molar-refractivity contribution < 1.29 is 9.72 Å². The largest absolute Gasteiger partial charge is 0.348 e. The van der Waals surface area contributed by atoms with Crippen LogP contribution in [0.3, 0.4) is 0 Å². The van der Waals surface area contributed by atoms with Crippen molar-refractivity contribution >= 4 is 23.2 Å². The molecule has 1 N–H and O–H groups in total. The molecule has 1 aromatic heterocycles. The zero-order valence-electron chi connectivity index (χ0n) is 14.4. The first-order chi connectivity index (χ1) is 13.1. The molecule has 0 aliphatic carbocycles. The van der Waals surface area contributed by atoms with Crippen LogP contribution in [-0.4, -0.2) is 15.8 Å². The standard InChI is InChI=1S/C21H17N3O3/c25-21(23-15-17-5-4-12-22-14-17)20(18-6-2-1-3-7-18)13-16-8-10-19(11-9-16)24(26)27/h1-14H,15H2,(H,23,25)/b20-13+. The number of carbonyl (C=O) groups is 1. The Morgan fingerprint density at radius 2 is 1.78 bits per heavy atom. The maximum absolute atomic E-state index is 12.8. The summed E-state index contributed by atoms with van der Waals surface area (Å²) in [6, 6.07) is 19.1. The number of pyridine rings is 1. The Labute approximate surface area is 156 Å². The van der Waals surface area contributed by atoms with Crippen molar-refractivity contribution in [1.29, 1.82) is 0 Å². The van der Waals surface area contributed by atoms with E-state index in [1.54, 1.807) is 30.6 Å². The summed E-state index contributed by atoms with van der Waals surface area (Å²) in [7, 11) is 0. The zero-order valence-corrected chi connectivity index (χ0v) is 14.4. The summed E-state index contributed by atoms with van der Waals surface area (Å²) in [5.74, 6) is -0.233. The maximum atomic E-state index is 12.8. The van der Waals surface area contributed by atoms with E-state index in [0.29, 0.717) is 17.7 Å². The van der Waals surface area contributed by atoms with Gasteiger partial charge in [0.2, 0.25) is 0 Å². The second kappa shape index (κ2) is 8.53. The first-order valence-corrected chi connectivity index (χ1v) is 8.32. The predicted octanol–water partition coefficient (Wildman–Crippen LogP) is 3.85. The van der Waals surface area contributed by atoms with Crippen LogP contribution in [0.5, 0.6) is 0 Å². The Bertz CT molecular complexity index is 953. The highest BCUT2D eigenvalue weighted by atomic mass is 16.6. The summed E-state index contributed by atoms with van der Waals surface area (Å²) in [4.78, 5) is 27.2. The smallest absolute Gasteiger partial charge is 0.269 e. The molecule has 1 heterocycles. The Morgan fingerprint density at radius 1 is 1.04 bits per heavy atom. The lowest BCUT2D eigenvalue weighted by molar-refractivity contribution is -0.384. The number of carbonyl (C=O) groups excluding carboxylic acids is 1. The highest BCUT2D eigenvalue weighted by Gasteiger charge is 2.12. The van der Waals surface area contributed by atoms with Crippen LogP contribution in [0.2, 0.25) is 0 Å². The topological polar surface area (TPSA) is 85.1 Å². The SMILES string of the molecule is O=C(NCc1cccnc1)/C(=C/c1ccc([N+](=O)[O-])cc1)c1ccccc1. The van der Waals surface area contributed by atoms with Gasteiger partial charge in [0.15, 0.2) is 0 Å². The third-order valence-electron chi connectivity index (χ3n) is 3.92. The third kappa shape index (κ3) is 4.85. The molecule has 3 rings (SSSR count). The quantitative estimate of drug-likeness (QED) is 0.313. The Balaban J connectivity index is 1.86. The number of rotatable bonds is 6. The first kappa shape index (κ1) is 18.0. The highest BCUT2D eigenvalue weighted by Crippen LogP contribution is 2.20. The van der Waals surface area contributed by atoms with Crippen LogP contribution in [0, 0.1) is 10.1 Å². The van der Waals surface area contributed by atoms with Crippen LogP contribution in [0.1, 0.15) is 16.7 Å². The fourth-order valence-corrected chi connectivity index (χ4v) is 2.54. The van der Waals surface area contributed by atoms with Gasteiger partial charge in [-0.3, -0.25) is 19.9 Å². The Hall–Kier alpha value is -3.80. The van der Waals surface area contributed by atoms with E-state index in [9.17, 15) is 14.9 Å². The van der Waals surface area contributed by atoms with E-state index in [1.807, 2.05) is 42.5 Å². The molecule has 0 aliphatic heterocycles. The summed E-state index contributed by atoms with van der Waals surface area (Å²) in [5, 5.41) is 13.7. The van der Waals surface area contributed by atoms with E-state index in [2.05, 4.69) is 10.3 Å². The van der Waals surface area contributed by atoms with Crippen LogP contribution in [-0.2, 0) is 11.3 Å². The molecule has 2 aromatic carbocycles. The molecular formula is C21H17N3O3. The molecule has 0 spiro atoms. The van der Waals surface area contributed by atoms with Crippen LogP contribution in [0.4, 0.5) is 5.69 Å². The number of nitrogens with one attached hydrogen (secondary N) is 1. The molecule has 0 radical (unpaired) electrons. The molecule has 6 heteroatoms. The summed E-state index contributed by atoms with van der Waals surface area (Å²) >= 11 is 0. The number of amides is 1. The molecule has 3 aromatic rings. The first-order valence-electron chi connectivity index (χ1n) is 8.32. The van der Waals surface area contributed by atoms with Gasteiger partial charge in [-0.1, -0.05) is 36.4 Å². The predicted molar refractivity (Wildman–Crippen MR) is 103 cm³/mol. The van der Waals surface area contributed by atoms with E-state index in [0.717, 1.165) is 11.1 Å². The molecule has 0 bridgehead atoms. The van der Waals surface area contributed by atoms with Gasteiger partial charge in [-0.2, -0.15) is 0 Å². The van der Waals surface area contributed by atoms with Gasteiger partial charge in [0.05, 0.1) is 4.92 Å². The monoisotopic (exact) mass is 359 g/mol. The number of nitro groups is 1. The lowest BCUT2D eigenvalue weighted by Gasteiger charge is -2.10. The molecule has 1 amide bonds. The van der Waals surface area contributed by atoms with Crippen molar-refractivity contribution in [3.8, 4) is 0 Å². The lowest BCUT2D eigenvalue weighted by atomic mass is 10.0. The van der Waals surface area contributed by atoms with Crippen molar-refractivity contribution in [2.45, 2.75) is 6.54 Å². The zero-order chi connectivity index (χ0) is 19.1. The lowest BCUT2D eigenvalue weighted by Crippen LogP contribution is -2.23. The minimum Gasteiger partial charge on any atom is -0.348 e. The van der Waals surface area contributed by atoms with E-state index in [-0.39, 0.29) is 11.6 Å². The average molecular weight is 359 g/mol. The van der Waals surface area contributed by atoms with E-state index in [1.165, 1.54) is 12.1 Å². The van der Waals surface area contributed by atoms with Gasteiger partial charge in [-0.05, 0) is 41.0 Å². The fraction of sp³-hybridized carbons (Fsp3) is 0.0476. The molecule has 27 heavy (non-hydrogen) atoms. The summed E-state index contributed by atoms with van der Waals surface area (Å²) < 4.78 is 0. The van der Waals surface area contributed by atoms with Gasteiger partial charge in [0.1, 0.15) is 0 Å². The minimum absolute atomic E-state index is 0.00874. The number of aromatic nitrogens is 1. The molecular weight excluding hydrogens is 342 g/mol. The second-order valence-corrected chi connectivity index (χ2v) is 5.82. The second-order valence-electron chi connectivity index (χ2n) is 5.82. The Morgan fingerprint density at radius 3 is 2.41 bits per heavy atom. The number of non-ortho nitro benzene ring substituents is 1. The van der Waals surface area contributed by atoms with Gasteiger partial charge in [-0.15, -0.1) is 0 Å². The number of hydrogen-bond donors (Lipinski definition) is 1. The molecule has 0 unspecified atom stereocenters. The van der Waals surface area contributed by atoms with Gasteiger partial charge >= 0.3 is 0 Å². The van der Waals surface area contributed by atoms with Crippen LogP contribution in [0.25, 0.3) is 11.6 Å². The van der Waals surface area contributed by atoms with Gasteiger partial charge < -0.3 is 5.32 Å². The average Bonchev–Trinajstić information content (AvgIpc) is 2.72. The molecule has 0 saturated carbocycles. The number of nitro benzene ring substituents is 1. The number of benzene rings is 2. The minimum atomic E-state index is -0.452. The summed E-state index contributed by atoms with van der Waals surface area (Å²) in [6.45, 7) is 0.358. The van der Waals surface area contributed by atoms with Gasteiger partial charge in [0.25, 0.3) is 11.6 Å². The maximum Gasteiger partial charge on any atom is 0.269 e. The fourth-order valence-electron chi connectivity index (χ4n) is 2.54. The van der Waals surface area contributed by atoms with Crippen molar-refractivity contribution in [2.24, 2.45) is 0 Å². The molecule has 0 fully saturated rings. The van der Waals surface area contributed by atoms with Crippen molar-refractivity contribution in [3.05, 3.63) is 106 Å². The van der Waals surface area contributed by atoms with Crippen LogP contribution in [0.15, 0.2) is 79.1 Å². The van der Waals surface area contributed by atoms with Crippen molar-refractivity contribution in [1.82, 2.24) is 10.3 Å². The van der Waals surface area contributed by atoms with Crippen molar-refractivity contribution in [2.75, 3.05) is 0 Å². The third-order valence-corrected chi connectivity index (χ3v) is 3.92. The van der Waals surface area contributed by atoms with Crippen LogP contribution < -0.4 is 5.32 Å². The van der Waals surface area contributed by atoms with E-state index < -0.39 is 4.92 Å². The summed E-state index contributed by atoms with van der Waals surface area (Å²) in [5.41, 5.74) is 2.85. The molecule has 134 valence electrons. The van der Waals surface area contributed by atoms with Gasteiger partial charge in [-0.25, -0.2) is 0 Å². The van der Waals surface area contributed by atoms with E-state index in [4.69, 9.17) is 0 Å². The van der Waals surface area contributed by atoms with Crippen molar-refractivity contribution in [3.63, 3.8) is 0 Å². The highest BCUT2D eigenvalue weighted by molar-refractivity contribution is 6.24. The molecule has 0 aliphatic rings. The normalized spacial score (nSPS) is 11.0. The van der Waals surface area contributed by atoms with E-state index >= 15 is 0 Å². The number of hydrogen-bond acceptors (Lipinski definition) is 4. The molecule has 6 nitrogen and oxygen atoms in total. The summed E-state index contributed by atoms with van der Waals surface area (Å²) in [6.07, 6.45) is 5.09.